The van der Waals surface area contributed by atoms with E-state index in [4.69, 9.17) is 40.5 Å². The summed E-state index contributed by atoms with van der Waals surface area (Å²) in [7, 11) is 0. The Morgan fingerprint density at radius 3 is 2.44 bits per heavy atom. The lowest BCUT2D eigenvalue weighted by atomic mass is 9.97. The fraction of sp³-hybridized carbons (Fsp3) is 0.143. The summed E-state index contributed by atoms with van der Waals surface area (Å²) in [6, 6.07) is 9.53. The van der Waals surface area contributed by atoms with Gasteiger partial charge in [0, 0.05) is 27.5 Å². The average molecular weight is 299 g/mol. The lowest BCUT2D eigenvalue weighted by Crippen LogP contribution is -2.11. The van der Waals surface area contributed by atoms with E-state index in [1.807, 2.05) is 24.3 Å². The van der Waals surface area contributed by atoms with E-state index in [-0.39, 0.29) is 5.92 Å². The lowest BCUT2D eigenvalue weighted by Gasteiger charge is -2.12. The van der Waals surface area contributed by atoms with Crippen LogP contribution in [-0.2, 0) is 0 Å². The number of hydrogen-bond acceptors (Lipinski definition) is 1. The zero-order chi connectivity index (χ0) is 12.9. The fourth-order valence-corrected chi connectivity index (χ4v) is 3.43. The second-order valence-electron chi connectivity index (χ2n) is 4.37. The predicted octanol–water partition coefficient (Wildman–Crippen LogP) is 4.72. The topological polar surface area (TPSA) is 26.0 Å². The Morgan fingerprint density at radius 1 is 0.944 bits per heavy atom. The molecule has 1 aliphatic rings. The van der Waals surface area contributed by atoms with Crippen molar-refractivity contribution in [2.45, 2.75) is 5.92 Å². The second kappa shape index (κ2) is 4.43. The zero-order valence-electron chi connectivity index (χ0n) is 9.38. The molecule has 3 rings (SSSR count). The minimum atomic E-state index is 0.0958. The first kappa shape index (κ1) is 12.3. The third-order valence-electron chi connectivity index (χ3n) is 3.36. The predicted molar refractivity (Wildman–Crippen MR) is 77.8 cm³/mol. The van der Waals surface area contributed by atoms with E-state index in [9.17, 15) is 0 Å². The van der Waals surface area contributed by atoms with Crippen molar-refractivity contribution in [3.05, 3.63) is 56.5 Å². The van der Waals surface area contributed by atoms with Crippen LogP contribution in [0.1, 0.15) is 17.0 Å². The Labute approximate surface area is 120 Å². The molecule has 0 spiro atoms. The molecule has 1 atom stereocenters. The van der Waals surface area contributed by atoms with Gasteiger partial charge in [-0.25, -0.2) is 0 Å². The van der Waals surface area contributed by atoms with Crippen molar-refractivity contribution in [1.82, 2.24) is 0 Å². The molecular weight excluding hydrogens is 289 g/mol. The summed E-state index contributed by atoms with van der Waals surface area (Å²) in [5.74, 6) is 0.0958. The van der Waals surface area contributed by atoms with E-state index in [0.717, 1.165) is 22.3 Å². The quantitative estimate of drug-likeness (QED) is 0.810. The molecule has 0 saturated heterocycles. The van der Waals surface area contributed by atoms with Gasteiger partial charge in [0.25, 0.3) is 0 Å². The van der Waals surface area contributed by atoms with Crippen molar-refractivity contribution in [3.63, 3.8) is 0 Å². The molecular formula is C14H10Cl3N. The van der Waals surface area contributed by atoms with Crippen LogP contribution in [0.25, 0.3) is 11.1 Å². The highest BCUT2D eigenvalue weighted by atomic mass is 35.5. The standard InChI is InChI=1S/C14H10Cl3N/c15-7-1-2-9-10(3-7)12(6-18)14-11(9)4-8(16)5-13(14)17/h1-5,12H,6,18H2. The maximum absolute atomic E-state index is 6.31. The number of rotatable bonds is 1. The maximum atomic E-state index is 6.31. The van der Waals surface area contributed by atoms with Gasteiger partial charge in [-0.05, 0) is 46.5 Å². The number of hydrogen-bond donors (Lipinski definition) is 1. The molecule has 1 nitrogen and oxygen atoms in total. The summed E-state index contributed by atoms with van der Waals surface area (Å²) in [5, 5.41) is 2.01. The van der Waals surface area contributed by atoms with Gasteiger partial charge in [-0.2, -0.15) is 0 Å². The molecule has 0 aliphatic heterocycles. The highest BCUT2D eigenvalue weighted by molar-refractivity contribution is 6.36. The Bertz CT molecular complexity index is 637. The highest BCUT2D eigenvalue weighted by Crippen LogP contribution is 2.49. The van der Waals surface area contributed by atoms with E-state index in [1.165, 1.54) is 0 Å². The molecule has 1 unspecified atom stereocenters. The van der Waals surface area contributed by atoms with Gasteiger partial charge in [0.2, 0.25) is 0 Å². The van der Waals surface area contributed by atoms with Crippen molar-refractivity contribution in [3.8, 4) is 11.1 Å². The Hall–Kier alpha value is -0.730. The summed E-state index contributed by atoms with van der Waals surface area (Å²) < 4.78 is 0. The number of nitrogens with two attached hydrogens (primary N) is 1. The SMILES string of the molecule is NCC1c2cc(Cl)ccc2-c2cc(Cl)cc(Cl)c21. The first-order chi connectivity index (χ1) is 8.61. The summed E-state index contributed by atoms with van der Waals surface area (Å²) in [6.45, 7) is 0.502. The first-order valence-corrected chi connectivity index (χ1v) is 6.74. The minimum Gasteiger partial charge on any atom is -0.330 e. The van der Waals surface area contributed by atoms with Gasteiger partial charge in [-0.15, -0.1) is 0 Å². The van der Waals surface area contributed by atoms with Gasteiger partial charge in [0.1, 0.15) is 0 Å². The molecule has 4 heteroatoms. The summed E-state index contributed by atoms with van der Waals surface area (Å²) in [6.07, 6.45) is 0. The normalized spacial score (nSPS) is 16.6. The van der Waals surface area contributed by atoms with E-state index in [0.29, 0.717) is 21.6 Å². The van der Waals surface area contributed by atoms with E-state index in [1.54, 1.807) is 6.07 Å². The molecule has 0 bridgehead atoms. The van der Waals surface area contributed by atoms with Gasteiger partial charge in [0.15, 0.2) is 0 Å². The molecule has 0 saturated carbocycles. The monoisotopic (exact) mass is 297 g/mol. The number of fused-ring (bicyclic) bond motifs is 3. The van der Waals surface area contributed by atoms with Crippen molar-refractivity contribution in [1.29, 1.82) is 0 Å². The molecule has 2 aromatic rings. The van der Waals surface area contributed by atoms with Crippen LogP contribution in [-0.4, -0.2) is 6.54 Å². The van der Waals surface area contributed by atoms with Crippen molar-refractivity contribution in [2.75, 3.05) is 6.54 Å². The third kappa shape index (κ3) is 1.74. The lowest BCUT2D eigenvalue weighted by molar-refractivity contribution is 0.841. The Kier molecular flexibility index (Phi) is 3.03. The minimum absolute atomic E-state index is 0.0958. The molecule has 0 aromatic heterocycles. The second-order valence-corrected chi connectivity index (χ2v) is 5.65. The molecule has 0 fully saturated rings. The van der Waals surface area contributed by atoms with Gasteiger partial charge in [0.05, 0.1) is 0 Å². The molecule has 0 heterocycles. The first-order valence-electron chi connectivity index (χ1n) is 5.60. The van der Waals surface area contributed by atoms with Gasteiger partial charge in [-0.1, -0.05) is 40.9 Å². The van der Waals surface area contributed by atoms with E-state index < -0.39 is 0 Å². The van der Waals surface area contributed by atoms with Crippen LogP contribution in [0.5, 0.6) is 0 Å². The average Bonchev–Trinajstić information content (AvgIpc) is 2.62. The van der Waals surface area contributed by atoms with E-state index in [2.05, 4.69) is 0 Å². The molecule has 1 aliphatic carbocycles. The molecule has 2 aromatic carbocycles. The van der Waals surface area contributed by atoms with E-state index >= 15 is 0 Å². The maximum Gasteiger partial charge on any atom is 0.0465 e. The van der Waals surface area contributed by atoms with Crippen LogP contribution >= 0.6 is 34.8 Å². The molecule has 0 radical (unpaired) electrons. The van der Waals surface area contributed by atoms with Gasteiger partial charge < -0.3 is 5.73 Å². The van der Waals surface area contributed by atoms with Crippen molar-refractivity contribution >= 4 is 34.8 Å². The smallest absolute Gasteiger partial charge is 0.0465 e. The number of benzene rings is 2. The summed E-state index contributed by atoms with van der Waals surface area (Å²) in [4.78, 5) is 0. The van der Waals surface area contributed by atoms with Crippen LogP contribution in [0.2, 0.25) is 15.1 Å². The van der Waals surface area contributed by atoms with Crippen LogP contribution in [0.4, 0.5) is 0 Å². The van der Waals surface area contributed by atoms with Crippen LogP contribution < -0.4 is 5.73 Å². The Balaban J connectivity index is 2.34. The van der Waals surface area contributed by atoms with Crippen molar-refractivity contribution in [2.24, 2.45) is 5.73 Å². The molecule has 0 amide bonds. The van der Waals surface area contributed by atoms with Gasteiger partial charge in [-0.3, -0.25) is 0 Å². The summed E-state index contributed by atoms with van der Waals surface area (Å²) in [5.41, 5.74) is 10.3. The Morgan fingerprint density at radius 2 is 1.72 bits per heavy atom. The number of halogens is 3. The van der Waals surface area contributed by atoms with Gasteiger partial charge >= 0.3 is 0 Å². The molecule has 92 valence electrons. The molecule has 2 N–H and O–H groups in total. The zero-order valence-corrected chi connectivity index (χ0v) is 11.7. The fourth-order valence-electron chi connectivity index (χ4n) is 2.63. The highest BCUT2D eigenvalue weighted by Gasteiger charge is 2.30. The van der Waals surface area contributed by atoms with Crippen LogP contribution in [0, 0.1) is 0 Å². The largest absolute Gasteiger partial charge is 0.330 e. The molecule has 18 heavy (non-hydrogen) atoms. The van der Waals surface area contributed by atoms with Crippen LogP contribution in [0.3, 0.4) is 0 Å². The third-order valence-corrected chi connectivity index (χ3v) is 4.12. The summed E-state index contributed by atoms with van der Waals surface area (Å²) >= 11 is 18.4. The van der Waals surface area contributed by atoms with Crippen LogP contribution in [0.15, 0.2) is 30.3 Å². The van der Waals surface area contributed by atoms with Crippen molar-refractivity contribution < 1.29 is 0 Å².